The van der Waals surface area contributed by atoms with Gasteiger partial charge in [0.15, 0.2) is 5.78 Å². The number of hydrogen-bond donors (Lipinski definition) is 1. The zero-order valence-electron chi connectivity index (χ0n) is 11.1. The SMILES string of the molecule is O=C(CCC(=O)N1CCCNCC1)c1ccccc1. The van der Waals surface area contributed by atoms with Crippen LogP contribution in [0.15, 0.2) is 30.3 Å². The summed E-state index contributed by atoms with van der Waals surface area (Å²) < 4.78 is 0. The molecule has 0 saturated carbocycles. The second kappa shape index (κ2) is 7.04. The van der Waals surface area contributed by atoms with Crippen LogP contribution in [0.2, 0.25) is 0 Å². The van der Waals surface area contributed by atoms with Crippen LogP contribution in [0.4, 0.5) is 0 Å². The normalized spacial score (nSPS) is 15.9. The topological polar surface area (TPSA) is 49.4 Å². The minimum Gasteiger partial charge on any atom is -0.341 e. The third-order valence-electron chi connectivity index (χ3n) is 3.35. The van der Waals surface area contributed by atoms with Gasteiger partial charge in [0.1, 0.15) is 0 Å². The average molecular weight is 260 g/mol. The van der Waals surface area contributed by atoms with E-state index in [-0.39, 0.29) is 11.7 Å². The molecule has 1 aliphatic heterocycles. The van der Waals surface area contributed by atoms with Crippen molar-refractivity contribution in [2.45, 2.75) is 19.3 Å². The van der Waals surface area contributed by atoms with Crippen molar-refractivity contribution in [3.05, 3.63) is 35.9 Å². The molecule has 102 valence electrons. The molecule has 1 N–H and O–H groups in total. The number of nitrogens with zero attached hydrogens (tertiary/aromatic N) is 1. The van der Waals surface area contributed by atoms with E-state index < -0.39 is 0 Å². The van der Waals surface area contributed by atoms with Crippen LogP contribution in [-0.2, 0) is 4.79 Å². The fraction of sp³-hybridized carbons (Fsp3) is 0.467. The molecule has 0 atom stereocenters. The number of carbonyl (C=O) groups excluding carboxylic acids is 2. The molecule has 1 aromatic carbocycles. The van der Waals surface area contributed by atoms with Crippen molar-refractivity contribution < 1.29 is 9.59 Å². The van der Waals surface area contributed by atoms with Gasteiger partial charge in [0.25, 0.3) is 0 Å². The van der Waals surface area contributed by atoms with E-state index >= 15 is 0 Å². The Balaban J connectivity index is 1.81. The minimum atomic E-state index is 0.0434. The zero-order chi connectivity index (χ0) is 13.5. The lowest BCUT2D eigenvalue weighted by atomic mass is 10.1. The quantitative estimate of drug-likeness (QED) is 0.834. The fourth-order valence-electron chi connectivity index (χ4n) is 2.24. The van der Waals surface area contributed by atoms with Crippen molar-refractivity contribution >= 4 is 11.7 Å². The number of nitrogens with one attached hydrogen (secondary N) is 1. The first-order chi connectivity index (χ1) is 9.27. The number of carbonyl (C=O) groups is 2. The Morgan fingerprint density at radius 1 is 1.05 bits per heavy atom. The number of rotatable bonds is 4. The Hall–Kier alpha value is -1.68. The molecular formula is C15H20N2O2. The standard InChI is InChI=1S/C15H20N2O2/c18-14(13-5-2-1-3-6-13)7-8-15(19)17-11-4-9-16-10-12-17/h1-3,5-6,16H,4,7-12H2. The van der Waals surface area contributed by atoms with Gasteiger partial charge in [-0.1, -0.05) is 30.3 Å². The maximum Gasteiger partial charge on any atom is 0.223 e. The summed E-state index contributed by atoms with van der Waals surface area (Å²) in [4.78, 5) is 25.8. The van der Waals surface area contributed by atoms with Crippen molar-refractivity contribution in [1.29, 1.82) is 0 Å². The lowest BCUT2D eigenvalue weighted by Crippen LogP contribution is -2.34. The van der Waals surface area contributed by atoms with Gasteiger partial charge in [-0.2, -0.15) is 0 Å². The van der Waals surface area contributed by atoms with Crippen molar-refractivity contribution in [3.8, 4) is 0 Å². The Kier molecular flexibility index (Phi) is 5.10. The summed E-state index contributed by atoms with van der Waals surface area (Å²) in [7, 11) is 0. The molecular weight excluding hydrogens is 240 g/mol. The average Bonchev–Trinajstić information content (AvgIpc) is 2.74. The highest BCUT2D eigenvalue weighted by molar-refractivity contribution is 5.97. The summed E-state index contributed by atoms with van der Waals surface area (Å²) in [5, 5.41) is 3.26. The highest BCUT2D eigenvalue weighted by Crippen LogP contribution is 2.07. The third-order valence-corrected chi connectivity index (χ3v) is 3.35. The lowest BCUT2D eigenvalue weighted by Gasteiger charge is -2.19. The minimum absolute atomic E-state index is 0.0434. The van der Waals surface area contributed by atoms with Crippen LogP contribution in [0.25, 0.3) is 0 Å². The predicted molar refractivity (Wildman–Crippen MR) is 74.1 cm³/mol. The maximum absolute atomic E-state index is 12.0. The first-order valence-electron chi connectivity index (χ1n) is 6.84. The molecule has 0 spiro atoms. The Labute approximate surface area is 113 Å². The summed E-state index contributed by atoms with van der Waals surface area (Å²) in [6.07, 6.45) is 1.60. The van der Waals surface area contributed by atoms with Crippen LogP contribution in [0, 0.1) is 0 Å². The van der Waals surface area contributed by atoms with Gasteiger partial charge in [-0.3, -0.25) is 9.59 Å². The number of amides is 1. The predicted octanol–water partition coefficient (Wildman–Crippen LogP) is 1.47. The summed E-state index contributed by atoms with van der Waals surface area (Å²) in [5.41, 5.74) is 0.688. The van der Waals surface area contributed by atoms with E-state index in [0.717, 1.165) is 32.6 Å². The second-order valence-electron chi connectivity index (χ2n) is 4.77. The second-order valence-corrected chi connectivity index (χ2v) is 4.77. The molecule has 0 aliphatic carbocycles. The Morgan fingerprint density at radius 3 is 2.63 bits per heavy atom. The van der Waals surface area contributed by atoms with E-state index in [1.54, 1.807) is 12.1 Å². The molecule has 4 nitrogen and oxygen atoms in total. The molecule has 0 unspecified atom stereocenters. The van der Waals surface area contributed by atoms with Gasteiger partial charge in [-0.25, -0.2) is 0 Å². The van der Waals surface area contributed by atoms with Crippen molar-refractivity contribution in [1.82, 2.24) is 10.2 Å². The molecule has 0 aromatic heterocycles. The highest BCUT2D eigenvalue weighted by Gasteiger charge is 2.16. The van der Waals surface area contributed by atoms with E-state index in [9.17, 15) is 9.59 Å². The van der Waals surface area contributed by atoms with Crippen molar-refractivity contribution in [2.75, 3.05) is 26.2 Å². The van der Waals surface area contributed by atoms with Crippen LogP contribution in [0.3, 0.4) is 0 Å². The van der Waals surface area contributed by atoms with Gasteiger partial charge in [-0.15, -0.1) is 0 Å². The fourth-order valence-corrected chi connectivity index (χ4v) is 2.24. The van der Waals surface area contributed by atoms with Gasteiger partial charge < -0.3 is 10.2 Å². The molecule has 4 heteroatoms. The molecule has 0 radical (unpaired) electrons. The summed E-state index contributed by atoms with van der Waals surface area (Å²) in [5.74, 6) is 0.134. The summed E-state index contributed by atoms with van der Waals surface area (Å²) >= 11 is 0. The molecule has 1 aliphatic rings. The lowest BCUT2D eigenvalue weighted by molar-refractivity contribution is -0.130. The Bertz CT molecular complexity index is 423. The van der Waals surface area contributed by atoms with Crippen LogP contribution >= 0.6 is 0 Å². The van der Waals surface area contributed by atoms with Crippen LogP contribution in [0.1, 0.15) is 29.6 Å². The summed E-state index contributed by atoms with van der Waals surface area (Å²) in [6, 6.07) is 9.16. The first-order valence-corrected chi connectivity index (χ1v) is 6.84. The smallest absolute Gasteiger partial charge is 0.223 e. The van der Waals surface area contributed by atoms with Gasteiger partial charge in [0.05, 0.1) is 0 Å². The number of hydrogen-bond acceptors (Lipinski definition) is 3. The van der Waals surface area contributed by atoms with Crippen LogP contribution < -0.4 is 5.32 Å². The summed E-state index contributed by atoms with van der Waals surface area (Å²) in [6.45, 7) is 3.36. The monoisotopic (exact) mass is 260 g/mol. The van der Waals surface area contributed by atoms with Crippen LogP contribution in [-0.4, -0.2) is 42.8 Å². The number of benzene rings is 1. The number of Topliss-reactive ketones (excluding diaryl/α,β-unsaturated/α-hetero) is 1. The van der Waals surface area contributed by atoms with Crippen LogP contribution in [0.5, 0.6) is 0 Å². The van der Waals surface area contributed by atoms with E-state index in [4.69, 9.17) is 0 Å². The molecule has 0 bridgehead atoms. The van der Waals surface area contributed by atoms with Gasteiger partial charge in [0.2, 0.25) is 5.91 Å². The Morgan fingerprint density at radius 2 is 1.84 bits per heavy atom. The molecule has 19 heavy (non-hydrogen) atoms. The van der Waals surface area contributed by atoms with Crippen molar-refractivity contribution in [2.24, 2.45) is 0 Å². The van der Waals surface area contributed by atoms with E-state index in [1.165, 1.54) is 0 Å². The van der Waals surface area contributed by atoms with Crippen molar-refractivity contribution in [3.63, 3.8) is 0 Å². The molecule has 1 fully saturated rings. The van der Waals surface area contributed by atoms with E-state index in [0.29, 0.717) is 18.4 Å². The molecule has 1 heterocycles. The van der Waals surface area contributed by atoms with E-state index in [1.807, 2.05) is 23.1 Å². The molecule has 1 saturated heterocycles. The largest absolute Gasteiger partial charge is 0.341 e. The van der Waals surface area contributed by atoms with Gasteiger partial charge >= 0.3 is 0 Å². The van der Waals surface area contributed by atoms with Gasteiger partial charge in [0, 0.05) is 38.0 Å². The third kappa shape index (κ3) is 4.17. The highest BCUT2D eigenvalue weighted by atomic mass is 16.2. The zero-order valence-corrected chi connectivity index (χ0v) is 11.1. The van der Waals surface area contributed by atoms with E-state index in [2.05, 4.69) is 5.32 Å². The molecule has 2 rings (SSSR count). The van der Waals surface area contributed by atoms with Gasteiger partial charge in [-0.05, 0) is 13.0 Å². The maximum atomic E-state index is 12.0. The first kappa shape index (κ1) is 13.7. The number of ketones is 1. The molecule has 1 aromatic rings. The molecule has 1 amide bonds.